The van der Waals surface area contributed by atoms with Crippen molar-refractivity contribution in [3.8, 4) is 5.75 Å². The molecule has 2 heterocycles. The minimum absolute atomic E-state index is 0.0122. The first kappa shape index (κ1) is 24.4. The zero-order chi connectivity index (χ0) is 24.2. The van der Waals surface area contributed by atoms with Crippen LogP contribution in [0.3, 0.4) is 0 Å². The number of pyridine rings is 1. The van der Waals surface area contributed by atoms with E-state index in [4.69, 9.17) is 11.6 Å². The number of halogens is 5. The molecule has 0 spiro atoms. The Hall–Kier alpha value is -3.23. The fourth-order valence-corrected chi connectivity index (χ4v) is 3.35. The number of hydrogen-bond donors (Lipinski definition) is 3. The molecule has 0 bridgehead atoms. The Balaban J connectivity index is 1.96. The van der Waals surface area contributed by atoms with Crippen LogP contribution in [0.2, 0.25) is 5.02 Å². The second-order valence-electron chi connectivity index (χ2n) is 6.19. The van der Waals surface area contributed by atoms with Gasteiger partial charge in [-0.3, -0.25) is 0 Å². The number of aromatic nitrogens is 3. The van der Waals surface area contributed by atoms with Crippen LogP contribution >= 0.6 is 11.6 Å². The highest BCUT2D eigenvalue weighted by atomic mass is 35.5. The molecule has 0 aliphatic carbocycles. The van der Waals surface area contributed by atoms with Crippen molar-refractivity contribution >= 4 is 44.8 Å². The number of alkyl halides is 3. The molecule has 9 nitrogen and oxygen atoms in total. The molecule has 0 saturated carbocycles. The van der Waals surface area contributed by atoms with Crippen LogP contribution in [0.15, 0.2) is 47.8 Å². The highest BCUT2D eigenvalue weighted by Crippen LogP contribution is 2.34. The average Bonchev–Trinajstić information content (AvgIpc) is 2.77. The molecule has 3 rings (SSSR count). The largest absolute Gasteiger partial charge is 0.452 e. The molecule has 3 aromatic rings. The van der Waals surface area contributed by atoms with E-state index in [1.54, 1.807) is 12.1 Å². The van der Waals surface area contributed by atoms with E-state index in [0.717, 1.165) is 19.4 Å². The summed E-state index contributed by atoms with van der Waals surface area (Å²) in [5, 5.41) is 5.86. The summed E-state index contributed by atoms with van der Waals surface area (Å²) >= 11 is 5.78. The first-order chi connectivity index (χ1) is 15.6. The van der Waals surface area contributed by atoms with Crippen molar-refractivity contribution in [2.75, 3.05) is 17.7 Å². The van der Waals surface area contributed by atoms with Gasteiger partial charge in [0.2, 0.25) is 10.0 Å². The van der Waals surface area contributed by atoms with Crippen LogP contribution in [-0.4, -0.2) is 43.2 Å². The number of hydrogen-bond acceptors (Lipinski definition) is 8. The summed E-state index contributed by atoms with van der Waals surface area (Å²) in [6.45, 7) is 0. The van der Waals surface area contributed by atoms with Gasteiger partial charge in [-0.25, -0.2) is 41.3 Å². The Bertz CT molecular complexity index is 1230. The lowest BCUT2D eigenvalue weighted by Gasteiger charge is -2.17. The molecule has 15 heteroatoms. The van der Waals surface area contributed by atoms with E-state index < -0.39 is 39.3 Å². The van der Waals surface area contributed by atoms with Crippen LogP contribution < -0.4 is 20.1 Å². The Morgan fingerprint density at radius 1 is 1.00 bits per heavy atom. The third-order valence-corrected chi connectivity index (χ3v) is 5.60. The number of nitrogens with zero attached hydrogens (tertiary/aromatic N) is 3. The molecule has 1 aromatic carbocycles. The molecule has 2 aromatic heterocycles. The summed E-state index contributed by atoms with van der Waals surface area (Å²) in [5.74, 6) is -1.42. The maximum atomic E-state index is 14.3. The van der Waals surface area contributed by atoms with E-state index in [-0.39, 0.29) is 17.3 Å². The van der Waals surface area contributed by atoms with Gasteiger partial charge >= 0.3 is 6.43 Å². The normalized spacial score (nSPS) is 12.5. The lowest BCUT2D eigenvalue weighted by atomic mass is 10.2. The first-order valence-corrected chi connectivity index (χ1v) is 10.8. The zero-order valence-corrected chi connectivity index (χ0v) is 18.1. The van der Waals surface area contributed by atoms with Gasteiger partial charge in [-0.1, -0.05) is 11.6 Å². The molecular weight excluding hydrogens is 492 g/mol. The SMILES string of the molecule is CNS(=O)(=O)c1cc(Nc2cc(Nc3ccc(Cl)cn3)ncn2)c(OC(F)C(F)F)cc1F. The minimum Gasteiger partial charge on any atom is -0.452 e. The van der Waals surface area contributed by atoms with Crippen LogP contribution in [0, 0.1) is 5.82 Å². The van der Waals surface area contributed by atoms with Crippen molar-refractivity contribution in [1.29, 1.82) is 0 Å². The summed E-state index contributed by atoms with van der Waals surface area (Å²) in [5.41, 5.74) is -0.345. The smallest absolute Gasteiger partial charge is 0.304 e. The Morgan fingerprint density at radius 2 is 1.70 bits per heavy atom. The van der Waals surface area contributed by atoms with Gasteiger partial charge in [-0.05, 0) is 25.2 Å². The van der Waals surface area contributed by atoms with E-state index >= 15 is 0 Å². The molecule has 1 unspecified atom stereocenters. The monoisotopic (exact) mass is 506 g/mol. The summed E-state index contributed by atoms with van der Waals surface area (Å²) in [7, 11) is -3.23. The average molecular weight is 507 g/mol. The molecule has 3 N–H and O–H groups in total. The van der Waals surface area contributed by atoms with Crippen LogP contribution in [0.1, 0.15) is 0 Å². The van der Waals surface area contributed by atoms with Crippen molar-refractivity contribution < 1.29 is 30.7 Å². The van der Waals surface area contributed by atoms with Crippen LogP contribution in [-0.2, 0) is 10.0 Å². The van der Waals surface area contributed by atoms with Crippen molar-refractivity contribution in [1.82, 2.24) is 19.7 Å². The molecular formula is C18H15ClF4N6O3S. The van der Waals surface area contributed by atoms with Crippen LogP contribution in [0.4, 0.5) is 40.7 Å². The predicted molar refractivity (Wildman–Crippen MR) is 112 cm³/mol. The lowest BCUT2D eigenvalue weighted by molar-refractivity contribution is -0.0666. The van der Waals surface area contributed by atoms with Gasteiger partial charge in [0, 0.05) is 18.3 Å². The van der Waals surface area contributed by atoms with Crippen molar-refractivity contribution in [3.63, 3.8) is 0 Å². The van der Waals surface area contributed by atoms with Gasteiger partial charge in [-0.15, -0.1) is 0 Å². The molecule has 33 heavy (non-hydrogen) atoms. The third kappa shape index (κ3) is 6.18. The quantitative estimate of drug-likeness (QED) is 0.373. The van der Waals surface area contributed by atoms with E-state index in [0.29, 0.717) is 16.9 Å². The molecule has 0 aliphatic rings. The molecule has 0 aliphatic heterocycles. The van der Waals surface area contributed by atoms with Gasteiger partial charge in [0.05, 0.1) is 10.7 Å². The van der Waals surface area contributed by atoms with E-state index in [2.05, 4.69) is 30.3 Å². The van der Waals surface area contributed by atoms with Crippen molar-refractivity contribution in [2.24, 2.45) is 0 Å². The van der Waals surface area contributed by atoms with E-state index in [9.17, 15) is 26.0 Å². The summed E-state index contributed by atoms with van der Waals surface area (Å²) < 4.78 is 83.7. The Labute approximate surface area is 190 Å². The number of sulfonamides is 1. The molecule has 0 amide bonds. The summed E-state index contributed by atoms with van der Waals surface area (Å²) in [6, 6.07) is 5.73. The number of anilines is 4. The molecule has 0 saturated heterocycles. The molecule has 0 fully saturated rings. The van der Waals surface area contributed by atoms with Gasteiger partial charge in [0.25, 0.3) is 6.36 Å². The van der Waals surface area contributed by atoms with Crippen molar-refractivity contribution in [2.45, 2.75) is 17.7 Å². The van der Waals surface area contributed by atoms with Crippen molar-refractivity contribution in [3.05, 3.63) is 53.7 Å². The highest BCUT2D eigenvalue weighted by Gasteiger charge is 2.26. The third-order valence-electron chi connectivity index (χ3n) is 3.94. The number of benzene rings is 1. The van der Waals surface area contributed by atoms with E-state index in [1.807, 2.05) is 4.72 Å². The maximum absolute atomic E-state index is 14.3. The van der Waals surface area contributed by atoms with Gasteiger partial charge in [0.1, 0.15) is 40.2 Å². The second-order valence-corrected chi connectivity index (χ2v) is 8.48. The van der Waals surface area contributed by atoms with Gasteiger partial charge < -0.3 is 15.4 Å². The Morgan fingerprint density at radius 3 is 2.30 bits per heavy atom. The molecule has 176 valence electrons. The fourth-order valence-electron chi connectivity index (χ4n) is 2.43. The van der Waals surface area contributed by atoms with Crippen LogP contribution in [0.25, 0.3) is 0 Å². The maximum Gasteiger partial charge on any atom is 0.304 e. The summed E-state index contributed by atoms with van der Waals surface area (Å²) in [6.07, 6.45) is -4.10. The molecule has 1 atom stereocenters. The number of rotatable bonds is 9. The topological polar surface area (TPSA) is 118 Å². The highest BCUT2D eigenvalue weighted by molar-refractivity contribution is 7.89. The number of ether oxygens (including phenoxy) is 1. The fraction of sp³-hybridized carbons (Fsp3) is 0.167. The van der Waals surface area contributed by atoms with Gasteiger partial charge in [-0.2, -0.15) is 4.39 Å². The minimum atomic E-state index is -4.28. The van der Waals surface area contributed by atoms with E-state index in [1.165, 1.54) is 12.3 Å². The zero-order valence-electron chi connectivity index (χ0n) is 16.6. The number of nitrogens with one attached hydrogen (secondary N) is 3. The van der Waals surface area contributed by atoms with Crippen LogP contribution in [0.5, 0.6) is 5.75 Å². The van der Waals surface area contributed by atoms with Gasteiger partial charge in [0.15, 0.2) is 0 Å². The standard InChI is InChI=1S/C18H15ClF4N6O3S/c1-24-33(30,31)13-5-11(12(4-10(13)20)32-18(23)17(21)22)28-15-6-16(27-8-26-15)29-14-3-2-9(19)7-25-14/h2-8,17-18,24H,1H3,(H2,25,26,27,28,29). The predicted octanol–water partition coefficient (Wildman–Crippen LogP) is 4.00. The molecule has 0 radical (unpaired) electrons. The first-order valence-electron chi connectivity index (χ1n) is 8.92. The lowest BCUT2D eigenvalue weighted by Crippen LogP contribution is -2.22. The summed E-state index contributed by atoms with van der Waals surface area (Å²) in [4.78, 5) is 11.1. The second kappa shape index (κ2) is 10.1. The Kier molecular flexibility index (Phi) is 7.50.